The van der Waals surface area contributed by atoms with Crippen LogP contribution in [0.3, 0.4) is 0 Å². The van der Waals surface area contributed by atoms with Gasteiger partial charge in [-0.1, -0.05) is 13.8 Å². The van der Waals surface area contributed by atoms with E-state index in [4.69, 9.17) is 0 Å². The van der Waals surface area contributed by atoms with Gasteiger partial charge in [-0.2, -0.15) is 5.10 Å². The third-order valence-electron chi connectivity index (χ3n) is 3.02. The quantitative estimate of drug-likeness (QED) is 0.911. The highest BCUT2D eigenvalue weighted by Crippen LogP contribution is 2.11. The number of benzene rings is 1. The fourth-order valence-electron chi connectivity index (χ4n) is 2.02. The largest absolute Gasteiger partial charge is 0.310 e. The maximum absolute atomic E-state index is 13.1. The molecular formula is C15H19F2N3. The van der Waals surface area contributed by atoms with Crippen LogP contribution in [0.25, 0.3) is 0 Å². The Morgan fingerprint density at radius 2 is 1.85 bits per heavy atom. The van der Waals surface area contributed by atoms with Gasteiger partial charge in [-0.25, -0.2) is 8.78 Å². The van der Waals surface area contributed by atoms with Gasteiger partial charge in [0.05, 0.1) is 12.2 Å². The van der Waals surface area contributed by atoms with Crippen LogP contribution in [-0.2, 0) is 13.1 Å². The lowest BCUT2D eigenvalue weighted by Gasteiger charge is -2.06. The summed E-state index contributed by atoms with van der Waals surface area (Å²) in [4.78, 5) is 0. The minimum Gasteiger partial charge on any atom is -0.310 e. The third-order valence-corrected chi connectivity index (χ3v) is 3.02. The maximum Gasteiger partial charge on any atom is 0.126 e. The van der Waals surface area contributed by atoms with Crippen LogP contribution in [0.4, 0.5) is 8.78 Å². The monoisotopic (exact) mass is 279 g/mol. The van der Waals surface area contributed by atoms with Crippen molar-refractivity contribution in [2.75, 3.05) is 0 Å². The van der Waals surface area contributed by atoms with Crippen molar-refractivity contribution in [3.8, 4) is 0 Å². The minimum absolute atomic E-state index is 0.358. The van der Waals surface area contributed by atoms with E-state index < -0.39 is 11.6 Å². The van der Waals surface area contributed by atoms with E-state index in [2.05, 4.69) is 24.3 Å². The summed E-state index contributed by atoms with van der Waals surface area (Å²) in [5.74, 6) is -1.13. The van der Waals surface area contributed by atoms with E-state index in [1.807, 2.05) is 13.1 Å². The van der Waals surface area contributed by atoms with E-state index in [1.54, 1.807) is 4.68 Å². The minimum atomic E-state index is -0.564. The Labute approximate surface area is 117 Å². The van der Waals surface area contributed by atoms with Gasteiger partial charge in [0, 0.05) is 30.4 Å². The molecule has 5 heteroatoms. The molecule has 0 saturated heterocycles. The number of nitrogens with zero attached hydrogens (tertiary/aromatic N) is 2. The SMILES string of the molecule is Cc1nn(Cc2cc(F)cc(F)c2)cc1CNC(C)C. The van der Waals surface area contributed by atoms with Crippen molar-refractivity contribution in [2.45, 2.75) is 39.9 Å². The molecule has 1 aromatic carbocycles. The van der Waals surface area contributed by atoms with Crippen molar-refractivity contribution < 1.29 is 8.78 Å². The summed E-state index contributed by atoms with van der Waals surface area (Å²) < 4.78 is 28.0. The molecular weight excluding hydrogens is 260 g/mol. The molecule has 0 aliphatic carbocycles. The van der Waals surface area contributed by atoms with Gasteiger partial charge in [0.15, 0.2) is 0 Å². The van der Waals surface area contributed by atoms with Crippen LogP contribution in [0.1, 0.15) is 30.7 Å². The third kappa shape index (κ3) is 3.87. The first-order valence-electron chi connectivity index (χ1n) is 6.65. The molecule has 0 aliphatic heterocycles. The van der Waals surface area contributed by atoms with Crippen LogP contribution in [0, 0.1) is 18.6 Å². The van der Waals surface area contributed by atoms with Crippen LogP contribution in [0.2, 0.25) is 0 Å². The van der Waals surface area contributed by atoms with E-state index in [1.165, 1.54) is 12.1 Å². The van der Waals surface area contributed by atoms with Crippen LogP contribution >= 0.6 is 0 Å². The number of halogens is 2. The molecule has 1 heterocycles. The zero-order valence-corrected chi connectivity index (χ0v) is 12.0. The molecule has 108 valence electrons. The van der Waals surface area contributed by atoms with Gasteiger partial charge in [-0.05, 0) is 24.6 Å². The average molecular weight is 279 g/mol. The second-order valence-electron chi connectivity index (χ2n) is 5.25. The number of hydrogen-bond acceptors (Lipinski definition) is 2. The Kier molecular flexibility index (Phi) is 4.49. The first kappa shape index (κ1) is 14.7. The molecule has 20 heavy (non-hydrogen) atoms. The average Bonchev–Trinajstić information content (AvgIpc) is 2.65. The molecule has 0 fully saturated rings. The molecule has 1 aromatic heterocycles. The Hall–Kier alpha value is -1.75. The lowest BCUT2D eigenvalue weighted by molar-refractivity contribution is 0.573. The fraction of sp³-hybridized carbons (Fsp3) is 0.400. The second kappa shape index (κ2) is 6.13. The Bertz CT molecular complexity index is 571. The molecule has 0 spiro atoms. The number of rotatable bonds is 5. The molecule has 0 bridgehead atoms. The highest BCUT2D eigenvalue weighted by Gasteiger charge is 2.07. The van der Waals surface area contributed by atoms with Crippen molar-refractivity contribution in [3.05, 3.63) is 52.9 Å². The molecule has 1 N–H and O–H groups in total. The number of hydrogen-bond donors (Lipinski definition) is 1. The van der Waals surface area contributed by atoms with Gasteiger partial charge < -0.3 is 5.32 Å². The van der Waals surface area contributed by atoms with Gasteiger partial charge in [0.1, 0.15) is 11.6 Å². The number of aryl methyl sites for hydroxylation is 1. The number of aromatic nitrogens is 2. The van der Waals surface area contributed by atoms with E-state index in [9.17, 15) is 8.78 Å². The summed E-state index contributed by atoms with van der Waals surface area (Å²) in [6.07, 6.45) is 1.91. The maximum atomic E-state index is 13.1. The molecule has 0 saturated carbocycles. The van der Waals surface area contributed by atoms with E-state index >= 15 is 0 Å². The highest BCUT2D eigenvalue weighted by molar-refractivity contribution is 5.20. The summed E-state index contributed by atoms with van der Waals surface area (Å²) >= 11 is 0. The van der Waals surface area contributed by atoms with Gasteiger partial charge in [0.25, 0.3) is 0 Å². The van der Waals surface area contributed by atoms with Crippen LogP contribution in [0.15, 0.2) is 24.4 Å². The van der Waals surface area contributed by atoms with Gasteiger partial charge in [0.2, 0.25) is 0 Å². The predicted octanol–water partition coefficient (Wildman–Crippen LogP) is 3.02. The lowest BCUT2D eigenvalue weighted by atomic mass is 10.2. The molecule has 3 nitrogen and oxygen atoms in total. The molecule has 0 unspecified atom stereocenters. The molecule has 2 aromatic rings. The Morgan fingerprint density at radius 1 is 1.20 bits per heavy atom. The van der Waals surface area contributed by atoms with Gasteiger partial charge in [-0.15, -0.1) is 0 Å². The number of nitrogens with one attached hydrogen (secondary N) is 1. The van der Waals surface area contributed by atoms with E-state index in [-0.39, 0.29) is 0 Å². The normalized spacial score (nSPS) is 11.3. The molecule has 0 radical (unpaired) electrons. The fourth-order valence-corrected chi connectivity index (χ4v) is 2.02. The van der Waals surface area contributed by atoms with E-state index in [0.29, 0.717) is 18.2 Å². The summed E-state index contributed by atoms with van der Waals surface area (Å²) in [6.45, 7) is 7.18. The summed E-state index contributed by atoms with van der Waals surface area (Å²) in [5.41, 5.74) is 2.58. The first-order valence-corrected chi connectivity index (χ1v) is 6.65. The predicted molar refractivity (Wildman–Crippen MR) is 74.4 cm³/mol. The van der Waals surface area contributed by atoms with Crippen LogP contribution in [-0.4, -0.2) is 15.8 Å². The zero-order chi connectivity index (χ0) is 14.7. The summed E-state index contributed by atoms with van der Waals surface area (Å²) in [7, 11) is 0. The summed E-state index contributed by atoms with van der Waals surface area (Å²) in [6, 6.07) is 3.92. The van der Waals surface area contributed by atoms with Gasteiger partial charge in [-0.3, -0.25) is 4.68 Å². The highest BCUT2D eigenvalue weighted by atomic mass is 19.1. The van der Waals surface area contributed by atoms with Crippen molar-refractivity contribution in [1.29, 1.82) is 0 Å². The second-order valence-corrected chi connectivity index (χ2v) is 5.25. The Balaban J connectivity index is 2.11. The van der Waals surface area contributed by atoms with Crippen molar-refractivity contribution >= 4 is 0 Å². The van der Waals surface area contributed by atoms with E-state index in [0.717, 1.165) is 23.9 Å². The smallest absolute Gasteiger partial charge is 0.126 e. The first-order chi connectivity index (χ1) is 9.44. The molecule has 0 aliphatic rings. The Morgan fingerprint density at radius 3 is 2.45 bits per heavy atom. The molecule has 0 amide bonds. The van der Waals surface area contributed by atoms with Crippen LogP contribution < -0.4 is 5.32 Å². The lowest BCUT2D eigenvalue weighted by Crippen LogP contribution is -2.21. The van der Waals surface area contributed by atoms with Gasteiger partial charge >= 0.3 is 0 Å². The van der Waals surface area contributed by atoms with Crippen molar-refractivity contribution in [2.24, 2.45) is 0 Å². The molecule has 0 atom stereocenters. The molecule has 2 rings (SSSR count). The zero-order valence-electron chi connectivity index (χ0n) is 12.0. The van der Waals surface area contributed by atoms with Crippen molar-refractivity contribution in [1.82, 2.24) is 15.1 Å². The topological polar surface area (TPSA) is 29.9 Å². The van der Waals surface area contributed by atoms with Crippen molar-refractivity contribution in [3.63, 3.8) is 0 Å². The van der Waals surface area contributed by atoms with Crippen LogP contribution in [0.5, 0.6) is 0 Å². The summed E-state index contributed by atoms with van der Waals surface area (Å²) in [5, 5.41) is 7.70. The standard InChI is InChI=1S/C15H19F2N3/c1-10(2)18-7-13-9-20(19-11(13)3)8-12-4-14(16)6-15(17)5-12/h4-6,9-10,18H,7-8H2,1-3H3.